The van der Waals surface area contributed by atoms with Crippen LogP contribution < -0.4 is 0 Å². The average Bonchev–Trinajstić information content (AvgIpc) is 2.70. The highest BCUT2D eigenvalue weighted by Gasteiger charge is 2.30. The van der Waals surface area contributed by atoms with Crippen molar-refractivity contribution in [1.82, 2.24) is 9.21 Å². The van der Waals surface area contributed by atoms with Crippen molar-refractivity contribution in [3.8, 4) is 6.07 Å². The van der Waals surface area contributed by atoms with Crippen molar-refractivity contribution in [2.75, 3.05) is 38.5 Å². The van der Waals surface area contributed by atoms with Crippen LogP contribution in [0.15, 0.2) is 58.3 Å². The van der Waals surface area contributed by atoms with Crippen LogP contribution in [-0.4, -0.2) is 56.1 Å². The predicted octanol–water partition coefficient (Wildman–Crippen LogP) is 2.80. The minimum absolute atomic E-state index is 0.0658. The van der Waals surface area contributed by atoms with E-state index in [-0.39, 0.29) is 16.3 Å². The molecule has 1 aliphatic heterocycles. The van der Waals surface area contributed by atoms with E-state index in [9.17, 15) is 12.8 Å². The van der Waals surface area contributed by atoms with Gasteiger partial charge in [0.1, 0.15) is 11.9 Å². The van der Waals surface area contributed by atoms with Gasteiger partial charge in [0.2, 0.25) is 10.0 Å². The highest BCUT2D eigenvalue weighted by molar-refractivity contribution is 7.99. The number of thioether (sulfide) groups is 1. The van der Waals surface area contributed by atoms with Crippen LogP contribution in [0, 0.1) is 17.1 Å². The average molecular weight is 406 g/mol. The molecule has 8 heteroatoms. The van der Waals surface area contributed by atoms with Crippen LogP contribution in [0.1, 0.15) is 5.56 Å². The predicted molar refractivity (Wildman–Crippen MR) is 103 cm³/mol. The van der Waals surface area contributed by atoms with Crippen LogP contribution in [0.2, 0.25) is 0 Å². The molecular formula is C19H20FN3O2S2. The summed E-state index contributed by atoms with van der Waals surface area (Å²) in [6.07, 6.45) is 0. The highest BCUT2D eigenvalue weighted by Crippen LogP contribution is 2.23. The van der Waals surface area contributed by atoms with Crippen LogP contribution in [0.3, 0.4) is 0 Å². The maximum absolute atomic E-state index is 13.6. The Balaban J connectivity index is 1.54. The van der Waals surface area contributed by atoms with Crippen molar-refractivity contribution in [3.63, 3.8) is 0 Å². The molecule has 27 heavy (non-hydrogen) atoms. The molecule has 0 saturated carbocycles. The quantitative estimate of drug-likeness (QED) is 0.692. The van der Waals surface area contributed by atoms with E-state index in [1.54, 1.807) is 24.3 Å². The first-order chi connectivity index (χ1) is 13.0. The summed E-state index contributed by atoms with van der Waals surface area (Å²) in [5, 5.41) is 9.16. The molecule has 0 aromatic heterocycles. The Morgan fingerprint density at radius 1 is 1.04 bits per heavy atom. The van der Waals surface area contributed by atoms with E-state index >= 15 is 0 Å². The summed E-state index contributed by atoms with van der Waals surface area (Å²) in [6.45, 7) is 2.76. The number of nitrogens with zero attached hydrogens (tertiary/aromatic N) is 3. The lowest BCUT2D eigenvalue weighted by molar-refractivity contribution is 0.197. The van der Waals surface area contributed by atoms with Gasteiger partial charge in [0, 0.05) is 43.4 Å². The van der Waals surface area contributed by atoms with Gasteiger partial charge in [-0.3, -0.25) is 4.90 Å². The van der Waals surface area contributed by atoms with Crippen molar-refractivity contribution in [3.05, 3.63) is 59.9 Å². The molecule has 1 saturated heterocycles. The number of benzene rings is 2. The van der Waals surface area contributed by atoms with Gasteiger partial charge in [-0.05, 0) is 24.3 Å². The molecule has 0 aliphatic carbocycles. The summed E-state index contributed by atoms with van der Waals surface area (Å²) in [5.74, 6) is 0.528. The minimum atomic E-state index is -3.67. The van der Waals surface area contributed by atoms with E-state index in [2.05, 4.69) is 4.90 Å². The smallest absolute Gasteiger partial charge is 0.244 e. The topological polar surface area (TPSA) is 64.4 Å². The molecule has 0 amide bonds. The molecule has 2 aromatic carbocycles. The van der Waals surface area contributed by atoms with Crippen molar-refractivity contribution in [1.29, 1.82) is 5.26 Å². The van der Waals surface area contributed by atoms with Gasteiger partial charge in [-0.2, -0.15) is 9.57 Å². The van der Waals surface area contributed by atoms with Gasteiger partial charge in [-0.1, -0.05) is 24.3 Å². The lowest BCUT2D eigenvalue weighted by atomic mass is 10.2. The zero-order valence-corrected chi connectivity index (χ0v) is 16.3. The molecule has 0 N–H and O–H groups in total. The van der Waals surface area contributed by atoms with Gasteiger partial charge in [-0.25, -0.2) is 12.8 Å². The molecule has 3 rings (SSSR count). The minimum Gasteiger partial charge on any atom is -0.300 e. The molecule has 142 valence electrons. The van der Waals surface area contributed by atoms with Gasteiger partial charge in [0.15, 0.2) is 0 Å². The van der Waals surface area contributed by atoms with E-state index < -0.39 is 10.0 Å². The molecule has 2 aromatic rings. The number of hydrogen-bond donors (Lipinski definition) is 0. The van der Waals surface area contributed by atoms with E-state index in [0.29, 0.717) is 31.1 Å². The number of rotatable bonds is 6. The lowest BCUT2D eigenvalue weighted by Crippen LogP contribution is -2.49. The van der Waals surface area contributed by atoms with Gasteiger partial charge in [-0.15, -0.1) is 11.8 Å². The number of nitriles is 1. The monoisotopic (exact) mass is 405 g/mol. The molecule has 1 aliphatic rings. The summed E-state index contributed by atoms with van der Waals surface area (Å²) >= 11 is 1.46. The van der Waals surface area contributed by atoms with Crippen LogP contribution in [0.4, 0.5) is 4.39 Å². The number of halogens is 1. The molecule has 1 fully saturated rings. The fourth-order valence-electron chi connectivity index (χ4n) is 2.96. The molecule has 0 radical (unpaired) electrons. The SMILES string of the molecule is N#Cc1ccccc1S(=O)(=O)N1CCN(CCSc2ccccc2F)CC1. The summed E-state index contributed by atoms with van der Waals surface area (Å²) in [7, 11) is -3.67. The second-order valence-electron chi connectivity index (χ2n) is 6.13. The Kier molecular flexibility index (Phi) is 6.50. The van der Waals surface area contributed by atoms with Crippen molar-refractivity contribution in [2.24, 2.45) is 0 Å². The van der Waals surface area contributed by atoms with Gasteiger partial charge >= 0.3 is 0 Å². The maximum atomic E-state index is 13.6. The summed E-state index contributed by atoms with van der Waals surface area (Å²) in [4.78, 5) is 2.87. The summed E-state index contributed by atoms with van der Waals surface area (Å²) < 4.78 is 40.7. The zero-order chi connectivity index (χ0) is 19.3. The Morgan fingerprint density at radius 3 is 2.41 bits per heavy atom. The Labute approximate surface area is 163 Å². The third kappa shape index (κ3) is 4.68. The third-order valence-corrected chi connectivity index (χ3v) is 7.44. The second kappa shape index (κ2) is 8.85. The van der Waals surface area contributed by atoms with E-state index in [0.717, 1.165) is 12.3 Å². The molecule has 1 heterocycles. The van der Waals surface area contributed by atoms with E-state index in [1.165, 1.54) is 34.3 Å². The lowest BCUT2D eigenvalue weighted by Gasteiger charge is -2.34. The fraction of sp³-hybridized carbons (Fsp3) is 0.316. The summed E-state index contributed by atoms with van der Waals surface area (Å²) in [6, 6.07) is 14.9. The number of piperazine rings is 1. The van der Waals surface area contributed by atoms with E-state index in [1.807, 2.05) is 12.1 Å². The van der Waals surface area contributed by atoms with Crippen molar-refractivity contribution >= 4 is 21.8 Å². The molecule has 0 bridgehead atoms. The Morgan fingerprint density at radius 2 is 1.70 bits per heavy atom. The second-order valence-corrected chi connectivity index (χ2v) is 9.18. The summed E-state index contributed by atoms with van der Waals surface area (Å²) in [5.41, 5.74) is 0.168. The van der Waals surface area contributed by atoms with Crippen LogP contribution >= 0.6 is 11.8 Å². The first-order valence-electron chi connectivity index (χ1n) is 8.61. The fourth-order valence-corrected chi connectivity index (χ4v) is 5.48. The molecule has 0 atom stereocenters. The van der Waals surface area contributed by atoms with Crippen LogP contribution in [-0.2, 0) is 10.0 Å². The Hall–Kier alpha value is -1.92. The normalized spacial score (nSPS) is 16.1. The third-order valence-electron chi connectivity index (χ3n) is 4.46. The largest absolute Gasteiger partial charge is 0.300 e. The molecular weight excluding hydrogens is 385 g/mol. The van der Waals surface area contributed by atoms with Crippen LogP contribution in [0.25, 0.3) is 0 Å². The zero-order valence-electron chi connectivity index (χ0n) is 14.7. The molecule has 5 nitrogen and oxygen atoms in total. The van der Waals surface area contributed by atoms with Gasteiger partial charge < -0.3 is 0 Å². The molecule has 0 spiro atoms. The number of hydrogen-bond acceptors (Lipinski definition) is 5. The molecule has 0 unspecified atom stereocenters. The first-order valence-corrected chi connectivity index (χ1v) is 11.0. The highest BCUT2D eigenvalue weighted by atomic mass is 32.2. The standard InChI is InChI=1S/C19H20FN3O2S2/c20-17-6-2-3-7-18(17)26-14-13-22-9-11-23(12-10-22)27(24,25)19-8-4-1-5-16(19)15-21/h1-8H,9-14H2. The van der Waals surface area contributed by atoms with E-state index in [4.69, 9.17) is 5.26 Å². The van der Waals surface area contributed by atoms with Crippen LogP contribution in [0.5, 0.6) is 0 Å². The van der Waals surface area contributed by atoms with Crippen molar-refractivity contribution < 1.29 is 12.8 Å². The van der Waals surface area contributed by atoms with Gasteiger partial charge in [0.05, 0.1) is 10.5 Å². The Bertz CT molecular complexity index is 936. The number of sulfonamides is 1. The van der Waals surface area contributed by atoms with Crippen molar-refractivity contribution in [2.45, 2.75) is 9.79 Å². The van der Waals surface area contributed by atoms with Gasteiger partial charge in [0.25, 0.3) is 0 Å². The first kappa shape index (κ1) is 19.8. The maximum Gasteiger partial charge on any atom is 0.244 e.